The molecule has 0 aliphatic carbocycles. The van der Waals surface area contributed by atoms with Crippen molar-refractivity contribution in [1.29, 1.82) is 0 Å². The number of carbonyl (C=O) groups excluding carboxylic acids is 1. The molecule has 1 amide bonds. The predicted octanol–water partition coefficient (Wildman–Crippen LogP) is 2.54. The Morgan fingerprint density at radius 2 is 1.97 bits per heavy atom. The number of H-pyrrole nitrogens is 1. The Bertz CT molecular complexity index is 1380. The molecule has 206 valence electrons. The third kappa shape index (κ3) is 4.64. The average molecular weight is 533 g/mol. The number of aromatic nitrogens is 4. The number of fused-ring (bicyclic) bond motifs is 2. The average Bonchev–Trinajstić information content (AvgIpc) is 3.60. The maximum absolute atomic E-state index is 12.2. The van der Waals surface area contributed by atoms with Gasteiger partial charge in [-0.05, 0) is 56.6 Å². The van der Waals surface area contributed by atoms with Crippen LogP contribution in [-0.4, -0.2) is 102 Å². The van der Waals surface area contributed by atoms with Gasteiger partial charge in [0.15, 0.2) is 11.6 Å². The van der Waals surface area contributed by atoms with Crippen molar-refractivity contribution in [3.63, 3.8) is 0 Å². The molecular weight excluding hydrogens is 496 g/mol. The Kier molecular flexibility index (Phi) is 6.76. The number of ether oxygens (including phenoxy) is 2. The number of hydrogen-bond acceptors (Lipinski definition) is 9. The minimum absolute atomic E-state index is 0.0494. The van der Waals surface area contributed by atoms with Gasteiger partial charge < -0.3 is 29.1 Å². The van der Waals surface area contributed by atoms with Crippen LogP contribution in [0.25, 0.3) is 10.9 Å². The summed E-state index contributed by atoms with van der Waals surface area (Å²) in [7, 11) is 4.19. The van der Waals surface area contributed by atoms with Gasteiger partial charge in [0.05, 0.1) is 17.8 Å². The van der Waals surface area contributed by atoms with Crippen molar-refractivity contribution >= 4 is 28.4 Å². The molecule has 39 heavy (non-hydrogen) atoms. The maximum Gasteiger partial charge on any atom is 0.320 e. The topological polar surface area (TPSA) is 103 Å². The van der Waals surface area contributed by atoms with Crippen LogP contribution in [0.4, 0.5) is 11.6 Å². The zero-order valence-electron chi connectivity index (χ0n) is 22.9. The number of carbonyl (C=O) groups is 1. The van der Waals surface area contributed by atoms with E-state index in [0.717, 1.165) is 23.9 Å². The van der Waals surface area contributed by atoms with E-state index in [0.29, 0.717) is 68.8 Å². The quantitative estimate of drug-likeness (QED) is 0.480. The molecule has 3 aliphatic heterocycles. The summed E-state index contributed by atoms with van der Waals surface area (Å²) >= 11 is 0. The van der Waals surface area contributed by atoms with Crippen LogP contribution in [0.2, 0.25) is 0 Å². The molecule has 0 radical (unpaired) electrons. The van der Waals surface area contributed by atoms with Crippen molar-refractivity contribution in [3.05, 3.63) is 42.1 Å². The van der Waals surface area contributed by atoms with Gasteiger partial charge in [-0.3, -0.25) is 9.89 Å². The van der Waals surface area contributed by atoms with Crippen LogP contribution in [0.15, 0.2) is 31.0 Å². The van der Waals surface area contributed by atoms with Crippen molar-refractivity contribution in [1.82, 2.24) is 30.0 Å². The molecule has 6 rings (SSSR count). The standard InChI is InChI=1S/C28H36N8O3/c1-5-23(37)35-11-13-36(14-12-35)27-25-26(30-28(31-27)39-16-19-7-6-10-33(19)3)34(4)22(17-38-25)24-18(2)8-9-21-20(24)15-29-32-21/h5,8-9,15,19,22H,1,6-7,10-14,16-17H2,2-4H3,(H,29,32). The molecular formula is C28H36N8O3. The number of likely N-dealkylation sites (N-methyl/N-ethyl adjacent to an activating group) is 2. The van der Waals surface area contributed by atoms with Gasteiger partial charge in [-0.1, -0.05) is 12.6 Å². The Balaban J connectivity index is 1.34. The lowest BCUT2D eigenvalue weighted by atomic mass is 9.96. The minimum Gasteiger partial charge on any atom is -0.484 e. The number of aryl methyl sites for hydroxylation is 1. The summed E-state index contributed by atoms with van der Waals surface area (Å²) in [5.41, 5.74) is 3.34. The fourth-order valence-corrected chi connectivity index (χ4v) is 5.97. The van der Waals surface area contributed by atoms with Crippen molar-refractivity contribution in [2.45, 2.75) is 31.8 Å². The van der Waals surface area contributed by atoms with Crippen molar-refractivity contribution in [3.8, 4) is 11.8 Å². The summed E-state index contributed by atoms with van der Waals surface area (Å²) in [6, 6.07) is 4.81. The molecule has 1 aromatic carbocycles. The summed E-state index contributed by atoms with van der Waals surface area (Å²) < 4.78 is 12.7. The normalized spacial score (nSPS) is 21.7. The zero-order valence-corrected chi connectivity index (χ0v) is 22.9. The van der Waals surface area contributed by atoms with Gasteiger partial charge in [0.25, 0.3) is 0 Å². The molecule has 0 bridgehead atoms. The Morgan fingerprint density at radius 1 is 1.18 bits per heavy atom. The Hall–Kier alpha value is -3.86. The molecule has 3 aliphatic rings. The summed E-state index contributed by atoms with van der Waals surface area (Å²) in [4.78, 5) is 30.4. The largest absolute Gasteiger partial charge is 0.484 e. The molecule has 5 heterocycles. The molecule has 11 heteroatoms. The summed E-state index contributed by atoms with van der Waals surface area (Å²) in [5.74, 6) is 2.02. The highest BCUT2D eigenvalue weighted by atomic mass is 16.5. The van der Waals surface area contributed by atoms with Gasteiger partial charge in [0.1, 0.15) is 13.2 Å². The van der Waals surface area contributed by atoms with Crippen LogP contribution in [0.1, 0.15) is 30.0 Å². The van der Waals surface area contributed by atoms with E-state index in [-0.39, 0.29) is 11.9 Å². The molecule has 3 aromatic rings. The predicted molar refractivity (Wildman–Crippen MR) is 150 cm³/mol. The van der Waals surface area contributed by atoms with Crippen LogP contribution in [0.3, 0.4) is 0 Å². The van der Waals surface area contributed by atoms with Gasteiger partial charge in [0, 0.05) is 44.7 Å². The lowest BCUT2D eigenvalue weighted by Gasteiger charge is -2.39. The fraction of sp³-hybridized carbons (Fsp3) is 0.500. The van der Waals surface area contributed by atoms with Crippen molar-refractivity contribution in [2.75, 3.05) is 69.8 Å². The van der Waals surface area contributed by atoms with Gasteiger partial charge in [-0.2, -0.15) is 15.1 Å². The Morgan fingerprint density at radius 3 is 2.72 bits per heavy atom. The second-order valence-electron chi connectivity index (χ2n) is 10.7. The third-order valence-corrected chi connectivity index (χ3v) is 8.36. The SMILES string of the molecule is C=CC(=O)N1CCN(c2nc(OCC3CCCN3C)nc3c2OCC(c2c(C)ccc4[nH]ncc24)N3C)CC1. The smallest absolute Gasteiger partial charge is 0.320 e. The first-order valence-corrected chi connectivity index (χ1v) is 13.6. The highest BCUT2D eigenvalue weighted by Gasteiger charge is 2.35. The van der Waals surface area contributed by atoms with Gasteiger partial charge >= 0.3 is 6.01 Å². The molecule has 2 saturated heterocycles. The van der Waals surface area contributed by atoms with Crippen LogP contribution in [0.5, 0.6) is 11.8 Å². The number of likely N-dealkylation sites (tertiary alicyclic amines) is 1. The summed E-state index contributed by atoms with van der Waals surface area (Å²) in [5, 5.41) is 8.44. The zero-order chi connectivity index (χ0) is 27.1. The third-order valence-electron chi connectivity index (χ3n) is 8.36. The number of benzene rings is 1. The molecule has 0 spiro atoms. The molecule has 11 nitrogen and oxygen atoms in total. The van der Waals surface area contributed by atoms with E-state index >= 15 is 0 Å². The summed E-state index contributed by atoms with van der Waals surface area (Å²) in [6.45, 7) is 10.3. The molecule has 2 aromatic heterocycles. The lowest BCUT2D eigenvalue weighted by molar-refractivity contribution is -0.126. The van der Waals surface area contributed by atoms with E-state index in [2.05, 4.69) is 64.6 Å². The molecule has 0 saturated carbocycles. The Labute approximate surface area is 228 Å². The van der Waals surface area contributed by atoms with E-state index in [9.17, 15) is 4.79 Å². The van der Waals surface area contributed by atoms with Crippen LogP contribution < -0.4 is 19.3 Å². The summed E-state index contributed by atoms with van der Waals surface area (Å²) in [6.07, 6.45) is 5.52. The number of nitrogens with zero attached hydrogens (tertiary/aromatic N) is 7. The van der Waals surface area contributed by atoms with Gasteiger partial charge in [-0.15, -0.1) is 0 Å². The van der Waals surface area contributed by atoms with Crippen molar-refractivity contribution < 1.29 is 14.3 Å². The number of hydrogen-bond donors (Lipinski definition) is 1. The van der Waals surface area contributed by atoms with E-state index in [1.165, 1.54) is 23.6 Å². The maximum atomic E-state index is 12.2. The van der Waals surface area contributed by atoms with Crippen LogP contribution >= 0.6 is 0 Å². The van der Waals surface area contributed by atoms with Crippen LogP contribution in [0, 0.1) is 6.92 Å². The van der Waals surface area contributed by atoms with E-state index in [4.69, 9.17) is 19.4 Å². The number of rotatable bonds is 6. The minimum atomic E-state index is -0.0579. The number of anilines is 2. The second kappa shape index (κ2) is 10.4. The monoisotopic (exact) mass is 532 g/mol. The highest BCUT2D eigenvalue weighted by molar-refractivity contribution is 5.87. The second-order valence-corrected chi connectivity index (χ2v) is 10.7. The van der Waals surface area contributed by atoms with E-state index in [1.807, 2.05) is 11.1 Å². The van der Waals surface area contributed by atoms with E-state index < -0.39 is 0 Å². The number of nitrogens with one attached hydrogen (secondary N) is 1. The van der Waals surface area contributed by atoms with Gasteiger partial charge in [0.2, 0.25) is 11.7 Å². The van der Waals surface area contributed by atoms with Crippen molar-refractivity contribution in [2.24, 2.45) is 0 Å². The molecule has 2 fully saturated rings. The molecule has 1 N–H and O–H groups in total. The first-order valence-electron chi connectivity index (χ1n) is 13.6. The fourth-order valence-electron chi connectivity index (χ4n) is 5.97. The number of piperazine rings is 1. The first kappa shape index (κ1) is 25.4. The molecule has 2 atom stereocenters. The number of aromatic amines is 1. The van der Waals surface area contributed by atoms with E-state index in [1.54, 1.807) is 0 Å². The van der Waals surface area contributed by atoms with Gasteiger partial charge in [-0.25, -0.2) is 0 Å². The highest BCUT2D eigenvalue weighted by Crippen LogP contribution is 2.45. The van der Waals surface area contributed by atoms with Crippen LogP contribution in [-0.2, 0) is 4.79 Å². The first-order chi connectivity index (χ1) is 18.9. The number of amides is 1. The lowest BCUT2D eigenvalue weighted by Crippen LogP contribution is -2.49. The molecule has 2 unspecified atom stereocenters.